The first-order chi connectivity index (χ1) is 7.13. The summed E-state index contributed by atoms with van der Waals surface area (Å²) in [6, 6.07) is 2.97. The van der Waals surface area contributed by atoms with Crippen molar-refractivity contribution in [1.29, 1.82) is 0 Å². The monoisotopic (exact) mass is 310 g/mol. The van der Waals surface area contributed by atoms with E-state index in [-0.39, 0.29) is 16.2 Å². The first-order valence-corrected chi connectivity index (χ1v) is 6.18. The molecule has 15 heavy (non-hydrogen) atoms. The van der Waals surface area contributed by atoms with Crippen molar-refractivity contribution in [2.75, 3.05) is 11.9 Å². The number of nitrogens with one attached hydrogen (secondary N) is 1. The Morgan fingerprint density at radius 3 is 2.53 bits per heavy atom. The molecule has 6 heteroatoms. The van der Waals surface area contributed by atoms with Gasteiger partial charge in [-0.1, -0.05) is 39.1 Å². The molecular formula is C9H9BrCl2N2O. The summed E-state index contributed by atoms with van der Waals surface area (Å²) < 4.78 is 0. The minimum Gasteiger partial charge on any atom is -0.352 e. The van der Waals surface area contributed by atoms with E-state index in [1.165, 1.54) is 12.1 Å². The fourth-order valence-corrected chi connectivity index (χ4v) is 1.71. The molecule has 0 bridgehead atoms. The Hall–Kier alpha value is -0.320. The number of rotatable bonds is 4. The number of carbonyl (C=O) groups is 1. The Bertz CT molecular complexity index is 340. The zero-order chi connectivity index (χ0) is 11.3. The molecule has 0 saturated heterocycles. The number of alkyl halides is 1. The van der Waals surface area contributed by atoms with E-state index in [0.717, 1.165) is 11.8 Å². The van der Waals surface area contributed by atoms with Gasteiger partial charge >= 0.3 is 0 Å². The molecule has 82 valence electrons. The minimum absolute atomic E-state index is 0.192. The van der Waals surface area contributed by atoms with Crippen LogP contribution in [0.25, 0.3) is 0 Å². The molecule has 1 aromatic heterocycles. The topological polar surface area (TPSA) is 42.0 Å². The summed E-state index contributed by atoms with van der Waals surface area (Å²) in [6.45, 7) is 0.613. The van der Waals surface area contributed by atoms with Crippen LogP contribution in [0.1, 0.15) is 16.8 Å². The molecule has 0 atom stereocenters. The second kappa shape index (κ2) is 6.30. The highest BCUT2D eigenvalue weighted by molar-refractivity contribution is 9.09. The van der Waals surface area contributed by atoms with Crippen LogP contribution in [0.5, 0.6) is 0 Å². The van der Waals surface area contributed by atoms with Crippen LogP contribution >= 0.6 is 39.1 Å². The number of hydrogen-bond acceptors (Lipinski definition) is 2. The van der Waals surface area contributed by atoms with E-state index in [2.05, 4.69) is 26.2 Å². The Balaban J connectivity index is 2.65. The van der Waals surface area contributed by atoms with Crippen molar-refractivity contribution in [3.8, 4) is 0 Å². The summed E-state index contributed by atoms with van der Waals surface area (Å²) in [7, 11) is 0. The van der Waals surface area contributed by atoms with Gasteiger partial charge in [-0.15, -0.1) is 0 Å². The van der Waals surface area contributed by atoms with E-state index in [9.17, 15) is 4.79 Å². The number of amides is 1. The summed E-state index contributed by atoms with van der Waals surface area (Å²) in [4.78, 5) is 15.3. The van der Waals surface area contributed by atoms with E-state index in [0.29, 0.717) is 12.1 Å². The molecule has 1 heterocycles. The number of hydrogen-bond donors (Lipinski definition) is 1. The van der Waals surface area contributed by atoms with E-state index in [1.807, 2.05) is 0 Å². The Morgan fingerprint density at radius 2 is 2.00 bits per heavy atom. The van der Waals surface area contributed by atoms with Crippen molar-refractivity contribution in [3.05, 3.63) is 28.0 Å². The quantitative estimate of drug-likeness (QED) is 0.528. The number of carbonyl (C=O) groups excluding carboxylic acids is 1. The molecule has 0 radical (unpaired) electrons. The largest absolute Gasteiger partial charge is 0.352 e. The Labute approximate surface area is 106 Å². The fraction of sp³-hybridized carbons (Fsp3) is 0.333. The smallest absolute Gasteiger partial charge is 0.251 e. The Morgan fingerprint density at radius 1 is 1.40 bits per heavy atom. The van der Waals surface area contributed by atoms with E-state index < -0.39 is 0 Å². The summed E-state index contributed by atoms with van der Waals surface area (Å²) in [5.74, 6) is -0.192. The van der Waals surface area contributed by atoms with E-state index in [4.69, 9.17) is 23.2 Å². The number of pyridine rings is 1. The SMILES string of the molecule is O=C(NCCCBr)c1cc(Cl)nc(Cl)c1. The highest BCUT2D eigenvalue weighted by Crippen LogP contribution is 2.14. The maximum atomic E-state index is 11.6. The molecule has 1 amide bonds. The molecular weight excluding hydrogens is 303 g/mol. The van der Waals surface area contributed by atoms with Gasteiger partial charge < -0.3 is 5.32 Å². The van der Waals surface area contributed by atoms with Crippen molar-refractivity contribution in [3.63, 3.8) is 0 Å². The lowest BCUT2D eigenvalue weighted by molar-refractivity contribution is 0.0953. The summed E-state index contributed by atoms with van der Waals surface area (Å²) in [5.41, 5.74) is 0.426. The standard InChI is InChI=1S/C9H9BrCl2N2O/c10-2-1-3-13-9(15)6-4-7(11)14-8(12)5-6/h4-5H,1-3H2,(H,13,15). The van der Waals surface area contributed by atoms with Gasteiger partial charge in [-0.2, -0.15) is 0 Å². The third kappa shape index (κ3) is 4.36. The van der Waals surface area contributed by atoms with Gasteiger partial charge in [-0.05, 0) is 18.6 Å². The third-order valence-corrected chi connectivity index (χ3v) is 2.57. The minimum atomic E-state index is -0.192. The molecule has 0 aliphatic rings. The van der Waals surface area contributed by atoms with Crippen molar-refractivity contribution in [2.24, 2.45) is 0 Å². The van der Waals surface area contributed by atoms with Crippen molar-refractivity contribution in [1.82, 2.24) is 10.3 Å². The van der Waals surface area contributed by atoms with Crippen LogP contribution in [0.4, 0.5) is 0 Å². The van der Waals surface area contributed by atoms with E-state index >= 15 is 0 Å². The normalized spacial score (nSPS) is 10.1. The molecule has 0 unspecified atom stereocenters. The van der Waals surface area contributed by atoms with Gasteiger partial charge in [0.1, 0.15) is 10.3 Å². The highest BCUT2D eigenvalue weighted by atomic mass is 79.9. The number of aromatic nitrogens is 1. The zero-order valence-corrected chi connectivity index (χ0v) is 10.9. The molecule has 0 spiro atoms. The average molecular weight is 312 g/mol. The van der Waals surface area contributed by atoms with Gasteiger partial charge in [0, 0.05) is 17.4 Å². The molecule has 3 nitrogen and oxygen atoms in total. The van der Waals surface area contributed by atoms with Crippen molar-refractivity contribution < 1.29 is 4.79 Å². The fourth-order valence-electron chi connectivity index (χ4n) is 0.967. The van der Waals surface area contributed by atoms with Gasteiger partial charge in [0.05, 0.1) is 0 Å². The van der Waals surface area contributed by atoms with Crippen molar-refractivity contribution >= 4 is 45.0 Å². The molecule has 0 aliphatic carbocycles. The molecule has 1 rings (SSSR count). The molecule has 0 aliphatic heterocycles. The first kappa shape index (κ1) is 12.7. The van der Waals surface area contributed by atoms with Crippen LogP contribution in [-0.4, -0.2) is 22.8 Å². The van der Waals surface area contributed by atoms with Crippen LogP contribution in [-0.2, 0) is 0 Å². The molecule has 0 aromatic carbocycles. The summed E-state index contributed by atoms with van der Waals surface area (Å²) in [6.07, 6.45) is 0.873. The van der Waals surface area contributed by atoms with Crippen LogP contribution in [0.3, 0.4) is 0 Å². The van der Waals surface area contributed by atoms with Gasteiger partial charge in [-0.3, -0.25) is 4.79 Å². The predicted molar refractivity (Wildman–Crippen MR) is 65.0 cm³/mol. The lowest BCUT2D eigenvalue weighted by Crippen LogP contribution is -2.24. The van der Waals surface area contributed by atoms with Crippen LogP contribution in [0, 0.1) is 0 Å². The lowest BCUT2D eigenvalue weighted by Gasteiger charge is -2.04. The third-order valence-electron chi connectivity index (χ3n) is 1.62. The molecule has 0 saturated carbocycles. The number of nitrogens with zero attached hydrogens (tertiary/aromatic N) is 1. The molecule has 1 N–H and O–H groups in total. The van der Waals surface area contributed by atoms with Crippen molar-refractivity contribution in [2.45, 2.75) is 6.42 Å². The van der Waals surface area contributed by atoms with Gasteiger partial charge in [0.25, 0.3) is 5.91 Å². The summed E-state index contributed by atoms with van der Waals surface area (Å²) in [5, 5.41) is 4.02. The number of halogens is 3. The van der Waals surface area contributed by atoms with E-state index in [1.54, 1.807) is 0 Å². The van der Waals surface area contributed by atoms with Gasteiger partial charge in [-0.25, -0.2) is 4.98 Å². The summed E-state index contributed by atoms with van der Waals surface area (Å²) >= 11 is 14.6. The zero-order valence-electron chi connectivity index (χ0n) is 7.77. The predicted octanol–water partition coefficient (Wildman–Crippen LogP) is 2.90. The second-order valence-corrected chi connectivity index (χ2v) is 4.37. The molecule has 1 aromatic rings. The van der Waals surface area contributed by atoms with Gasteiger partial charge in [0.15, 0.2) is 0 Å². The Kier molecular flexibility index (Phi) is 5.36. The lowest BCUT2D eigenvalue weighted by atomic mass is 10.2. The second-order valence-electron chi connectivity index (χ2n) is 2.80. The van der Waals surface area contributed by atoms with Crippen LogP contribution in [0.15, 0.2) is 12.1 Å². The highest BCUT2D eigenvalue weighted by Gasteiger charge is 2.07. The maximum Gasteiger partial charge on any atom is 0.251 e. The first-order valence-electron chi connectivity index (χ1n) is 4.30. The average Bonchev–Trinajstić information content (AvgIpc) is 2.16. The van der Waals surface area contributed by atoms with Gasteiger partial charge in [0.2, 0.25) is 0 Å². The van der Waals surface area contributed by atoms with Crippen LogP contribution < -0.4 is 5.32 Å². The molecule has 0 fully saturated rings. The maximum absolute atomic E-state index is 11.6. The van der Waals surface area contributed by atoms with Crippen LogP contribution in [0.2, 0.25) is 10.3 Å².